The van der Waals surface area contributed by atoms with Crippen LogP contribution in [0.4, 0.5) is 0 Å². The molecule has 5 nitrogen and oxygen atoms in total. The van der Waals surface area contributed by atoms with Crippen molar-refractivity contribution in [1.29, 1.82) is 0 Å². The molecule has 0 amide bonds. The minimum absolute atomic E-state index is 0.130. The van der Waals surface area contributed by atoms with Gasteiger partial charge in [-0.05, 0) is 59.1 Å². The van der Waals surface area contributed by atoms with Gasteiger partial charge in [0.2, 0.25) is 0 Å². The van der Waals surface area contributed by atoms with Gasteiger partial charge in [0, 0.05) is 23.7 Å². The van der Waals surface area contributed by atoms with E-state index in [0.717, 1.165) is 32.6 Å². The number of aryl methyl sites for hydroxylation is 1. The Morgan fingerprint density at radius 3 is 2.56 bits per heavy atom. The van der Waals surface area contributed by atoms with E-state index in [1.807, 2.05) is 37.3 Å². The van der Waals surface area contributed by atoms with Crippen LogP contribution in [0.3, 0.4) is 0 Å². The van der Waals surface area contributed by atoms with E-state index < -0.39 is 0 Å². The molecule has 1 aliphatic heterocycles. The number of nitrogens with zero attached hydrogens (tertiary/aromatic N) is 1. The highest BCUT2D eigenvalue weighted by Gasteiger charge is 2.29. The van der Waals surface area contributed by atoms with E-state index >= 15 is 0 Å². The first kappa shape index (κ1) is 22.4. The number of benzene rings is 3. The van der Waals surface area contributed by atoms with Crippen LogP contribution in [0.2, 0.25) is 0 Å². The monoisotopic (exact) mass is 494 g/mol. The number of halogens is 1. The van der Waals surface area contributed by atoms with Crippen molar-refractivity contribution in [3.05, 3.63) is 87.4 Å². The maximum absolute atomic E-state index is 10.9. The number of phenolic OH excluding ortho intramolecular Hbond substituents is 1. The summed E-state index contributed by atoms with van der Waals surface area (Å²) >= 11 is 3.58. The third-order valence-corrected chi connectivity index (χ3v) is 6.24. The number of hydrogen-bond acceptors (Lipinski definition) is 5. The Balaban J connectivity index is 1.76. The zero-order valence-corrected chi connectivity index (χ0v) is 20.0. The number of methoxy groups -OCH3 is 1. The smallest absolute Gasteiger partial charge is 0.162 e. The number of phenols is 1. The van der Waals surface area contributed by atoms with Crippen LogP contribution in [0.25, 0.3) is 0 Å². The molecule has 0 spiro atoms. The summed E-state index contributed by atoms with van der Waals surface area (Å²) in [6.07, 6.45) is 0.377. The number of ether oxygens (including phenoxy) is 2. The van der Waals surface area contributed by atoms with Crippen molar-refractivity contribution < 1.29 is 14.6 Å². The summed E-state index contributed by atoms with van der Waals surface area (Å²) < 4.78 is 11.9. The predicted octanol–water partition coefficient (Wildman–Crippen LogP) is 6.09. The zero-order chi connectivity index (χ0) is 22.7. The van der Waals surface area contributed by atoms with Crippen LogP contribution in [0, 0.1) is 6.92 Å². The molecule has 0 saturated carbocycles. The number of nitrogens with one attached hydrogen (secondary N) is 1. The van der Waals surface area contributed by atoms with Gasteiger partial charge in [0.25, 0.3) is 0 Å². The Labute approximate surface area is 197 Å². The first-order valence-corrected chi connectivity index (χ1v) is 11.5. The van der Waals surface area contributed by atoms with Gasteiger partial charge in [-0.1, -0.05) is 48.0 Å². The van der Waals surface area contributed by atoms with Crippen molar-refractivity contribution in [2.24, 2.45) is 4.99 Å². The summed E-state index contributed by atoms with van der Waals surface area (Å²) in [5.74, 6) is 1.44. The standard InChI is InChI=1S/C26H27BrN2O3/c1-4-32-24-7-5-6-19(25(24)30)22-15-21(17-10-8-16(2)9-11-17)28-26(29-22)18-12-13-23(31-3)20(27)14-18/h5-14,22,26,29-30H,4,15H2,1-3H3/t22-,26+/m0/s1. The lowest BCUT2D eigenvalue weighted by molar-refractivity contribution is 0.313. The van der Waals surface area contributed by atoms with E-state index in [9.17, 15) is 5.11 Å². The average molecular weight is 495 g/mol. The third-order valence-electron chi connectivity index (χ3n) is 5.62. The van der Waals surface area contributed by atoms with Crippen molar-refractivity contribution >= 4 is 21.6 Å². The molecule has 0 fully saturated rings. The molecule has 1 heterocycles. The molecule has 32 heavy (non-hydrogen) atoms. The largest absolute Gasteiger partial charge is 0.504 e. The Hall–Kier alpha value is -2.83. The van der Waals surface area contributed by atoms with Crippen LogP contribution >= 0.6 is 15.9 Å². The van der Waals surface area contributed by atoms with Gasteiger partial charge in [0.05, 0.1) is 18.2 Å². The van der Waals surface area contributed by atoms with Gasteiger partial charge in [-0.2, -0.15) is 0 Å². The molecule has 0 unspecified atom stereocenters. The number of aliphatic imine (C=N–C) groups is 1. The molecule has 3 aromatic rings. The molecule has 2 atom stereocenters. The van der Waals surface area contributed by atoms with Crippen molar-refractivity contribution in [2.45, 2.75) is 32.5 Å². The van der Waals surface area contributed by atoms with Crippen LogP contribution in [0.15, 0.2) is 70.1 Å². The summed E-state index contributed by atoms with van der Waals surface area (Å²) in [6.45, 7) is 4.48. The average Bonchev–Trinajstić information content (AvgIpc) is 2.80. The van der Waals surface area contributed by atoms with Gasteiger partial charge in [-0.15, -0.1) is 0 Å². The normalized spacial score (nSPS) is 18.2. The molecule has 0 aliphatic carbocycles. The number of para-hydroxylation sites is 1. The number of rotatable bonds is 6. The van der Waals surface area contributed by atoms with Gasteiger partial charge in [0.1, 0.15) is 11.9 Å². The SMILES string of the molecule is CCOc1cccc([C@@H]2CC(c3ccc(C)cc3)=N[C@@H](c3ccc(OC)c(Br)c3)N2)c1O. The lowest BCUT2D eigenvalue weighted by Crippen LogP contribution is -2.33. The topological polar surface area (TPSA) is 63.1 Å². The van der Waals surface area contributed by atoms with Gasteiger partial charge in [0.15, 0.2) is 11.5 Å². The molecule has 4 rings (SSSR count). The fraction of sp³-hybridized carbons (Fsp3) is 0.269. The zero-order valence-electron chi connectivity index (χ0n) is 18.4. The molecule has 0 radical (unpaired) electrons. The lowest BCUT2D eigenvalue weighted by Gasteiger charge is -2.31. The van der Waals surface area contributed by atoms with Crippen LogP contribution < -0.4 is 14.8 Å². The minimum Gasteiger partial charge on any atom is -0.504 e. The Morgan fingerprint density at radius 1 is 1.09 bits per heavy atom. The van der Waals surface area contributed by atoms with Crippen molar-refractivity contribution in [3.63, 3.8) is 0 Å². The number of hydrogen-bond donors (Lipinski definition) is 2. The van der Waals surface area contributed by atoms with Gasteiger partial charge >= 0.3 is 0 Å². The quantitative estimate of drug-likeness (QED) is 0.434. The molecule has 0 bridgehead atoms. The van der Waals surface area contributed by atoms with E-state index in [-0.39, 0.29) is 18.0 Å². The molecule has 1 aliphatic rings. The summed E-state index contributed by atoms with van der Waals surface area (Å²) in [5.41, 5.74) is 5.09. The maximum Gasteiger partial charge on any atom is 0.162 e. The first-order chi connectivity index (χ1) is 15.5. The van der Waals surface area contributed by atoms with Crippen LogP contribution in [-0.2, 0) is 0 Å². The predicted molar refractivity (Wildman–Crippen MR) is 131 cm³/mol. The lowest BCUT2D eigenvalue weighted by atomic mass is 9.93. The summed E-state index contributed by atoms with van der Waals surface area (Å²) in [5, 5.41) is 14.5. The fourth-order valence-electron chi connectivity index (χ4n) is 3.94. The third kappa shape index (κ3) is 4.66. The first-order valence-electron chi connectivity index (χ1n) is 10.7. The van der Waals surface area contributed by atoms with E-state index in [4.69, 9.17) is 14.5 Å². The van der Waals surface area contributed by atoms with Crippen molar-refractivity contribution in [3.8, 4) is 17.2 Å². The van der Waals surface area contributed by atoms with E-state index in [2.05, 4.69) is 52.4 Å². The van der Waals surface area contributed by atoms with Gasteiger partial charge in [-0.25, -0.2) is 0 Å². The highest BCUT2D eigenvalue weighted by atomic mass is 79.9. The minimum atomic E-state index is -0.276. The van der Waals surface area contributed by atoms with Crippen LogP contribution in [0.5, 0.6) is 17.2 Å². The second kappa shape index (κ2) is 9.76. The molecule has 0 saturated heterocycles. The Morgan fingerprint density at radius 2 is 1.88 bits per heavy atom. The summed E-state index contributed by atoms with van der Waals surface area (Å²) in [4.78, 5) is 5.04. The number of aromatic hydroxyl groups is 1. The van der Waals surface area contributed by atoms with Gasteiger partial charge < -0.3 is 14.6 Å². The molecule has 166 valence electrons. The van der Waals surface area contributed by atoms with E-state index in [1.54, 1.807) is 13.2 Å². The molecule has 3 aromatic carbocycles. The highest BCUT2D eigenvalue weighted by Crippen LogP contribution is 2.39. The Bertz CT molecular complexity index is 1130. The second-order valence-electron chi connectivity index (χ2n) is 7.79. The highest BCUT2D eigenvalue weighted by molar-refractivity contribution is 9.10. The van der Waals surface area contributed by atoms with Crippen LogP contribution in [0.1, 0.15) is 47.8 Å². The van der Waals surface area contributed by atoms with Crippen molar-refractivity contribution in [1.82, 2.24) is 5.32 Å². The second-order valence-corrected chi connectivity index (χ2v) is 8.64. The van der Waals surface area contributed by atoms with Crippen LogP contribution in [-0.4, -0.2) is 24.5 Å². The summed E-state index contributed by atoms with van der Waals surface area (Å²) in [7, 11) is 1.65. The van der Waals surface area contributed by atoms with Gasteiger partial charge in [-0.3, -0.25) is 10.3 Å². The maximum atomic E-state index is 10.9. The molecule has 2 N–H and O–H groups in total. The summed E-state index contributed by atoms with van der Waals surface area (Å²) in [6, 6.07) is 19.9. The molecular formula is C26H27BrN2O3. The fourth-order valence-corrected chi connectivity index (χ4v) is 4.50. The Kier molecular flexibility index (Phi) is 6.82. The molecule has 6 heteroatoms. The van der Waals surface area contributed by atoms with Crippen molar-refractivity contribution in [2.75, 3.05) is 13.7 Å². The molecule has 0 aromatic heterocycles. The van der Waals surface area contributed by atoms with E-state index in [1.165, 1.54) is 5.56 Å². The van der Waals surface area contributed by atoms with E-state index in [0.29, 0.717) is 18.8 Å². The molecular weight excluding hydrogens is 468 g/mol.